The van der Waals surface area contributed by atoms with Gasteiger partial charge in [-0.3, -0.25) is 0 Å². The number of fused-ring (bicyclic) bond motifs is 1. The minimum Gasteiger partial charge on any atom is -0.392 e. The lowest BCUT2D eigenvalue weighted by molar-refractivity contribution is -0.192. The number of allylic oxidation sites excluding steroid dienone is 1. The summed E-state index contributed by atoms with van der Waals surface area (Å²) >= 11 is 0. The molecule has 1 N–H and O–H groups in total. The molecule has 0 radical (unpaired) electrons. The Morgan fingerprint density at radius 2 is 1.80 bits per heavy atom. The smallest absolute Gasteiger partial charge is 0.159 e. The molecule has 0 amide bonds. The van der Waals surface area contributed by atoms with Gasteiger partial charge in [0.1, 0.15) is 6.10 Å². The maximum atomic E-state index is 9.41. The lowest BCUT2D eigenvalue weighted by Crippen LogP contribution is -2.31. The Morgan fingerprint density at radius 1 is 1.03 bits per heavy atom. The zero-order chi connectivity index (χ0) is 24.3. The highest BCUT2D eigenvalue weighted by Crippen LogP contribution is 2.51. The van der Waals surface area contributed by atoms with Crippen LogP contribution in [-0.2, 0) is 18.9 Å². The van der Waals surface area contributed by atoms with Gasteiger partial charge in [-0.25, -0.2) is 0 Å². The van der Waals surface area contributed by atoms with Crippen molar-refractivity contribution < 1.29 is 24.1 Å². The van der Waals surface area contributed by atoms with Crippen molar-refractivity contribution >= 4 is 0 Å². The number of aliphatic hydroxyl groups excluding tert-OH is 1. The average molecular weight is 485 g/mol. The van der Waals surface area contributed by atoms with Crippen LogP contribution in [0.3, 0.4) is 0 Å². The predicted molar refractivity (Wildman–Crippen MR) is 136 cm³/mol. The fourth-order valence-electron chi connectivity index (χ4n) is 5.96. The van der Waals surface area contributed by atoms with Crippen LogP contribution in [0.25, 0.3) is 0 Å². The fraction of sp³-hybridized carbons (Fsp3) is 0.800. The third-order valence-corrected chi connectivity index (χ3v) is 7.77. The van der Waals surface area contributed by atoms with Crippen molar-refractivity contribution in [3.05, 3.63) is 11.6 Å². The van der Waals surface area contributed by atoms with Crippen molar-refractivity contribution in [2.75, 3.05) is 19.8 Å². The Kier molecular flexibility index (Phi) is 11.0. The molecule has 2 aliphatic carbocycles. The third kappa shape index (κ3) is 8.08. The number of ether oxygens (including phenoxy) is 4. The summed E-state index contributed by atoms with van der Waals surface area (Å²) in [6.45, 7) is 3.84. The van der Waals surface area contributed by atoms with E-state index in [9.17, 15) is 5.11 Å². The van der Waals surface area contributed by atoms with Crippen LogP contribution in [0.5, 0.6) is 0 Å². The molecule has 194 valence electrons. The van der Waals surface area contributed by atoms with Crippen molar-refractivity contribution in [2.24, 2.45) is 17.8 Å². The summed E-state index contributed by atoms with van der Waals surface area (Å²) in [5.41, 5.74) is 1.37. The van der Waals surface area contributed by atoms with Gasteiger partial charge in [-0.1, -0.05) is 30.4 Å². The highest BCUT2D eigenvalue weighted by molar-refractivity contribution is 5.22. The topological polar surface area (TPSA) is 57.2 Å². The number of aliphatic hydroxyl groups is 1. The van der Waals surface area contributed by atoms with Crippen molar-refractivity contribution in [3.8, 4) is 23.7 Å². The summed E-state index contributed by atoms with van der Waals surface area (Å²) in [6, 6.07) is 0. The monoisotopic (exact) mass is 484 g/mol. The van der Waals surface area contributed by atoms with E-state index in [0.717, 1.165) is 90.3 Å². The zero-order valence-electron chi connectivity index (χ0n) is 21.5. The van der Waals surface area contributed by atoms with Crippen molar-refractivity contribution in [2.45, 2.75) is 115 Å². The van der Waals surface area contributed by atoms with Gasteiger partial charge in [0.25, 0.3) is 0 Å². The SMILES string of the molecule is CCCC#CCC[C@@H](C#C[C@@H]1[C@H]2CC(=CCO)C[C@H]2C[C@H]1OC1CCCCO1)OC1CCCCO1. The molecule has 2 saturated heterocycles. The zero-order valence-corrected chi connectivity index (χ0v) is 21.5. The third-order valence-electron chi connectivity index (χ3n) is 7.77. The molecule has 0 aromatic heterocycles. The van der Waals surface area contributed by atoms with Crippen LogP contribution < -0.4 is 0 Å². The summed E-state index contributed by atoms with van der Waals surface area (Å²) in [5, 5.41) is 9.41. The van der Waals surface area contributed by atoms with Gasteiger partial charge < -0.3 is 24.1 Å². The highest BCUT2D eigenvalue weighted by Gasteiger charge is 2.47. The summed E-state index contributed by atoms with van der Waals surface area (Å²) in [7, 11) is 0. The molecule has 5 nitrogen and oxygen atoms in total. The summed E-state index contributed by atoms with van der Waals surface area (Å²) in [4.78, 5) is 0. The quantitative estimate of drug-likeness (QED) is 0.371. The molecular formula is C30H44O5. The van der Waals surface area contributed by atoms with E-state index < -0.39 is 0 Å². The van der Waals surface area contributed by atoms with Crippen LogP contribution in [0.4, 0.5) is 0 Å². The van der Waals surface area contributed by atoms with E-state index in [1.807, 2.05) is 6.08 Å². The molecule has 7 atom stereocenters. The molecule has 4 aliphatic rings. The van der Waals surface area contributed by atoms with Crippen LogP contribution in [0, 0.1) is 41.4 Å². The molecule has 0 aromatic rings. The van der Waals surface area contributed by atoms with E-state index in [1.165, 1.54) is 12.0 Å². The van der Waals surface area contributed by atoms with E-state index >= 15 is 0 Å². The van der Waals surface area contributed by atoms with Crippen molar-refractivity contribution in [1.82, 2.24) is 0 Å². The second-order valence-corrected chi connectivity index (χ2v) is 10.5. The van der Waals surface area contributed by atoms with Gasteiger partial charge in [-0.05, 0) is 82.5 Å². The maximum Gasteiger partial charge on any atom is 0.159 e. The first-order chi connectivity index (χ1) is 17.3. The lowest BCUT2D eigenvalue weighted by Gasteiger charge is -2.29. The number of unbranched alkanes of at least 4 members (excludes halogenated alkanes) is 1. The first kappa shape index (κ1) is 26.7. The second kappa shape index (κ2) is 14.4. The molecular weight excluding hydrogens is 440 g/mol. The van der Waals surface area contributed by atoms with E-state index in [1.54, 1.807) is 0 Å². The number of hydrogen-bond acceptors (Lipinski definition) is 5. The van der Waals surface area contributed by atoms with Crippen molar-refractivity contribution in [3.63, 3.8) is 0 Å². The first-order valence-electron chi connectivity index (χ1n) is 14.1. The molecule has 0 spiro atoms. The predicted octanol–water partition coefficient (Wildman–Crippen LogP) is 5.36. The standard InChI is InChI=1S/C30H44O5/c1-2-3-4-5-6-11-25(34-29-12-7-9-18-32-29)14-15-26-27-21-23(16-17-31)20-24(27)22-28(26)35-30-13-8-10-19-33-30/h16,24-31H,2-3,6-13,17-22H2,1H3/t24-,25-,26+,27-,28+,29?,30?/m0/s1. The van der Waals surface area contributed by atoms with Gasteiger partial charge in [-0.2, -0.15) is 0 Å². The molecule has 2 saturated carbocycles. The normalized spacial score (nSPS) is 34.5. The number of rotatable bonds is 8. The summed E-state index contributed by atoms with van der Waals surface area (Å²) in [5.74, 6) is 14.9. The van der Waals surface area contributed by atoms with Gasteiger partial charge in [0.05, 0.1) is 18.6 Å². The Balaban J connectivity index is 1.46. The van der Waals surface area contributed by atoms with Crippen LogP contribution in [-0.4, -0.2) is 49.7 Å². The Hall–Kier alpha value is -1.34. The molecule has 4 rings (SSSR count). The van der Waals surface area contributed by atoms with E-state index in [2.05, 4.69) is 30.6 Å². The molecule has 0 bridgehead atoms. The molecule has 2 heterocycles. The molecule has 2 unspecified atom stereocenters. The summed E-state index contributed by atoms with van der Waals surface area (Å²) in [6.07, 6.45) is 14.8. The van der Waals surface area contributed by atoms with Gasteiger partial charge in [0, 0.05) is 26.1 Å². The lowest BCUT2D eigenvalue weighted by atomic mass is 9.91. The van der Waals surface area contributed by atoms with Gasteiger partial charge >= 0.3 is 0 Å². The Bertz CT molecular complexity index is 787. The van der Waals surface area contributed by atoms with Crippen LogP contribution in [0.2, 0.25) is 0 Å². The Morgan fingerprint density at radius 3 is 2.51 bits per heavy atom. The summed E-state index contributed by atoms with van der Waals surface area (Å²) < 4.78 is 24.6. The van der Waals surface area contributed by atoms with Gasteiger partial charge in [-0.15, -0.1) is 11.8 Å². The number of hydrogen-bond donors (Lipinski definition) is 1. The van der Waals surface area contributed by atoms with Crippen LogP contribution in [0.1, 0.15) is 90.4 Å². The average Bonchev–Trinajstić information content (AvgIpc) is 3.40. The first-order valence-corrected chi connectivity index (χ1v) is 14.1. The van der Waals surface area contributed by atoms with E-state index in [4.69, 9.17) is 18.9 Å². The van der Waals surface area contributed by atoms with Gasteiger partial charge in [0.15, 0.2) is 12.6 Å². The molecule has 35 heavy (non-hydrogen) atoms. The molecule has 5 heteroatoms. The minimum atomic E-state index is -0.173. The molecule has 0 aromatic carbocycles. The van der Waals surface area contributed by atoms with Gasteiger partial charge in [0.2, 0.25) is 0 Å². The van der Waals surface area contributed by atoms with E-state index in [0.29, 0.717) is 11.8 Å². The maximum absolute atomic E-state index is 9.41. The molecule has 2 aliphatic heterocycles. The largest absolute Gasteiger partial charge is 0.392 e. The fourth-order valence-corrected chi connectivity index (χ4v) is 5.96. The molecule has 4 fully saturated rings. The highest BCUT2D eigenvalue weighted by atomic mass is 16.7. The second-order valence-electron chi connectivity index (χ2n) is 10.5. The van der Waals surface area contributed by atoms with Crippen LogP contribution >= 0.6 is 0 Å². The van der Waals surface area contributed by atoms with Crippen molar-refractivity contribution in [1.29, 1.82) is 0 Å². The Labute approximate surface area is 212 Å². The van der Waals surface area contributed by atoms with Crippen LogP contribution in [0.15, 0.2) is 11.6 Å². The minimum absolute atomic E-state index is 0.0964. The van der Waals surface area contributed by atoms with E-state index in [-0.39, 0.29) is 37.3 Å².